The topological polar surface area (TPSA) is 18.5 Å². The lowest BCUT2D eigenvalue weighted by Gasteiger charge is -2.32. The van der Waals surface area contributed by atoms with Gasteiger partial charge in [-0.25, -0.2) is 4.39 Å². The van der Waals surface area contributed by atoms with Gasteiger partial charge in [-0.2, -0.15) is 0 Å². The average Bonchev–Trinajstić information content (AvgIpc) is 2.39. The summed E-state index contributed by atoms with van der Waals surface area (Å²) in [5.41, 5.74) is 0.946. The second-order valence-electron chi connectivity index (χ2n) is 5.06. The van der Waals surface area contributed by atoms with E-state index in [1.54, 1.807) is 6.07 Å². The zero-order valence-corrected chi connectivity index (χ0v) is 12.1. The Kier molecular flexibility index (Phi) is 5.58. The Morgan fingerprint density at radius 3 is 2.68 bits per heavy atom. The Hall–Kier alpha value is -0.680. The van der Waals surface area contributed by atoms with Gasteiger partial charge in [0, 0.05) is 50.8 Å². The zero-order valence-electron chi connectivity index (χ0n) is 11.3. The monoisotopic (exact) mass is 285 g/mol. The van der Waals surface area contributed by atoms with Gasteiger partial charge in [0.05, 0.1) is 0 Å². The highest BCUT2D eigenvalue weighted by atomic mass is 35.5. The molecule has 0 bridgehead atoms. The third-order valence-corrected chi connectivity index (χ3v) is 3.88. The molecule has 2 rings (SSSR count). The third-order valence-electron chi connectivity index (χ3n) is 3.53. The highest BCUT2D eigenvalue weighted by Gasteiger charge is 2.12. The van der Waals surface area contributed by atoms with Gasteiger partial charge in [0.2, 0.25) is 0 Å². The molecule has 1 N–H and O–H groups in total. The lowest BCUT2D eigenvalue weighted by molar-refractivity contribution is 0.154. The predicted molar refractivity (Wildman–Crippen MR) is 77.1 cm³/mol. The van der Waals surface area contributed by atoms with Crippen molar-refractivity contribution < 1.29 is 4.39 Å². The van der Waals surface area contributed by atoms with E-state index in [9.17, 15) is 4.39 Å². The van der Waals surface area contributed by atoms with Crippen LogP contribution in [-0.2, 0) is 6.54 Å². The van der Waals surface area contributed by atoms with E-state index in [2.05, 4.69) is 22.2 Å². The minimum atomic E-state index is -0.286. The quantitative estimate of drug-likeness (QED) is 0.833. The molecule has 1 saturated heterocycles. The van der Waals surface area contributed by atoms with Crippen molar-refractivity contribution in [2.45, 2.75) is 6.54 Å². The summed E-state index contributed by atoms with van der Waals surface area (Å²) in [6, 6.07) is 4.54. The SMILES string of the molecule is CN1CCN(CCNCc2ccc(F)cc2Cl)CC1. The third kappa shape index (κ3) is 4.73. The van der Waals surface area contributed by atoms with Gasteiger partial charge in [0.25, 0.3) is 0 Å². The van der Waals surface area contributed by atoms with E-state index in [4.69, 9.17) is 11.6 Å². The summed E-state index contributed by atoms with van der Waals surface area (Å²) in [7, 11) is 2.16. The molecule has 0 aliphatic carbocycles. The Bertz CT molecular complexity index is 406. The zero-order chi connectivity index (χ0) is 13.7. The lowest BCUT2D eigenvalue weighted by atomic mass is 10.2. The van der Waals surface area contributed by atoms with Crippen molar-refractivity contribution in [3.8, 4) is 0 Å². The summed E-state index contributed by atoms with van der Waals surface area (Å²) in [5.74, 6) is -0.286. The molecule has 1 aromatic rings. The lowest BCUT2D eigenvalue weighted by Crippen LogP contribution is -2.46. The molecule has 0 spiro atoms. The van der Waals surface area contributed by atoms with Gasteiger partial charge in [0.15, 0.2) is 0 Å². The van der Waals surface area contributed by atoms with Gasteiger partial charge in [-0.15, -0.1) is 0 Å². The molecule has 3 nitrogen and oxygen atoms in total. The molecular weight excluding hydrogens is 265 g/mol. The normalized spacial score (nSPS) is 17.8. The summed E-state index contributed by atoms with van der Waals surface area (Å²) >= 11 is 5.98. The average molecular weight is 286 g/mol. The fourth-order valence-corrected chi connectivity index (χ4v) is 2.43. The van der Waals surface area contributed by atoms with Crippen molar-refractivity contribution in [3.63, 3.8) is 0 Å². The first-order valence-corrected chi connectivity index (χ1v) is 7.08. The van der Waals surface area contributed by atoms with Crippen LogP contribution in [0.5, 0.6) is 0 Å². The van der Waals surface area contributed by atoms with Crippen LogP contribution >= 0.6 is 11.6 Å². The second-order valence-corrected chi connectivity index (χ2v) is 5.46. The molecular formula is C14H21ClFN3. The summed E-state index contributed by atoms with van der Waals surface area (Å²) in [5, 5.41) is 3.85. The number of likely N-dealkylation sites (N-methyl/N-ethyl adjacent to an activating group) is 1. The van der Waals surface area contributed by atoms with Gasteiger partial charge < -0.3 is 10.2 Å². The van der Waals surface area contributed by atoms with Gasteiger partial charge >= 0.3 is 0 Å². The van der Waals surface area contributed by atoms with Crippen LogP contribution in [0.4, 0.5) is 4.39 Å². The van der Waals surface area contributed by atoms with Crippen LogP contribution in [0.25, 0.3) is 0 Å². The van der Waals surface area contributed by atoms with Gasteiger partial charge in [0.1, 0.15) is 5.82 Å². The molecule has 0 aromatic heterocycles. The molecule has 19 heavy (non-hydrogen) atoms. The molecule has 1 aromatic carbocycles. The highest BCUT2D eigenvalue weighted by Crippen LogP contribution is 2.16. The summed E-state index contributed by atoms with van der Waals surface area (Å²) in [4.78, 5) is 4.81. The van der Waals surface area contributed by atoms with Crippen LogP contribution in [-0.4, -0.2) is 56.1 Å². The van der Waals surface area contributed by atoms with E-state index >= 15 is 0 Å². The highest BCUT2D eigenvalue weighted by molar-refractivity contribution is 6.31. The standard InChI is InChI=1S/C14H21ClFN3/c1-18-6-8-19(9-7-18)5-4-17-11-12-2-3-13(16)10-14(12)15/h2-3,10,17H,4-9,11H2,1H3. The van der Waals surface area contributed by atoms with Crippen molar-refractivity contribution in [3.05, 3.63) is 34.6 Å². The van der Waals surface area contributed by atoms with E-state index in [1.807, 2.05) is 0 Å². The Balaban J connectivity index is 1.66. The van der Waals surface area contributed by atoms with E-state index < -0.39 is 0 Å². The van der Waals surface area contributed by atoms with Crippen molar-refractivity contribution in [1.29, 1.82) is 0 Å². The number of nitrogens with one attached hydrogen (secondary N) is 1. The number of hydrogen-bond acceptors (Lipinski definition) is 3. The number of rotatable bonds is 5. The van der Waals surface area contributed by atoms with Gasteiger partial charge in [-0.05, 0) is 24.7 Å². The minimum Gasteiger partial charge on any atom is -0.311 e. The Morgan fingerprint density at radius 2 is 2.00 bits per heavy atom. The van der Waals surface area contributed by atoms with Crippen LogP contribution < -0.4 is 5.32 Å². The summed E-state index contributed by atoms with van der Waals surface area (Å²) in [6.45, 7) is 7.22. The molecule has 1 heterocycles. The fraction of sp³-hybridized carbons (Fsp3) is 0.571. The summed E-state index contributed by atoms with van der Waals surface area (Å²) in [6.07, 6.45) is 0. The molecule has 1 aliphatic heterocycles. The second kappa shape index (κ2) is 7.20. The van der Waals surface area contributed by atoms with Crippen molar-refractivity contribution in [2.24, 2.45) is 0 Å². The maximum absolute atomic E-state index is 12.9. The van der Waals surface area contributed by atoms with Crippen molar-refractivity contribution in [2.75, 3.05) is 46.3 Å². The summed E-state index contributed by atoms with van der Waals surface area (Å²) < 4.78 is 12.9. The first-order valence-electron chi connectivity index (χ1n) is 6.71. The Labute approximate surface area is 119 Å². The van der Waals surface area contributed by atoms with E-state index in [0.717, 1.165) is 44.8 Å². The molecule has 0 atom stereocenters. The molecule has 0 unspecified atom stereocenters. The van der Waals surface area contributed by atoms with Crippen LogP contribution in [0.2, 0.25) is 5.02 Å². The number of hydrogen-bond donors (Lipinski definition) is 1. The fourth-order valence-electron chi connectivity index (χ4n) is 2.20. The largest absolute Gasteiger partial charge is 0.311 e. The van der Waals surface area contributed by atoms with Crippen LogP contribution in [0.1, 0.15) is 5.56 Å². The number of halogens is 2. The predicted octanol–water partition coefficient (Wildman–Crippen LogP) is 1.82. The van der Waals surface area contributed by atoms with Crippen LogP contribution in [0.3, 0.4) is 0 Å². The minimum absolute atomic E-state index is 0.286. The van der Waals surface area contributed by atoms with Crippen molar-refractivity contribution >= 4 is 11.6 Å². The molecule has 1 fully saturated rings. The van der Waals surface area contributed by atoms with Gasteiger partial charge in [-0.1, -0.05) is 17.7 Å². The molecule has 5 heteroatoms. The van der Waals surface area contributed by atoms with E-state index in [1.165, 1.54) is 12.1 Å². The maximum Gasteiger partial charge on any atom is 0.124 e. The van der Waals surface area contributed by atoms with Crippen molar-refractivity contribution in [1.82, 2.24) is 15.1 Å². The molecule has 0 saturated carbocycles. The molecule has 0 radical (unpaired) electrons. The number of benzene rings is 1. The first kappa shape index (κ1) is 14.7. The number of piperazine rings is 1. The van der Waals surface area contributed by atoms with Gasteiger partial charge in [-0.3, -0.25) is 4.90 Å². The van der Waals surface area contributed by atoms with E-state index in [-0.39, 0.29) is 5.82 Å². The maximum atomic E-state index is 12.9. The number of nitrogens with zero attached hydrogens (tertiary/aromatic N) is 2. The van der Waals surface area contributed by atoms with Crippen LogP contribution in [0.15, 0.2) is 18.2 Å². The Morgan fingerprint density at radius 1 is 1.26 bits per heavy atom. The molecule has 0 amide bonds. The molecule has 106 valence electrons. The smallest absolute Gasteiger partial charge is 0.124 e. The first-order chi connectivity index (χ1) is 9.15. The van der Waals surface area contributed by atoms with E-state index in [0.29, 0.717) is 11.6 Å². The van der Waals surface area contributed by atoms with Crippen LogP contribution in [0, 0.1) is 5.82 Å². The molecule has 1 aliphatic rings.